The van der Waals surface area contributed by atoms with Crippen LogP contribution in [-0.2, 0) is 9.59 Å². The van der Waals surface area contributed by atoms with Crippen LogP contribution in [0.2, 0.25) is 0 Å². The molecule has 0 aromatic rings. The van der Waals surface area contributed by atoms with Gasteiger partial charge < -0.3 is 10.0 Å². The number of hydrogen-bond donors (Lipinski definition) is 1. The molecular formula is C13H23NO3. The predicted octanol–water partition coefficient (Wildman–Crippen LogP) is 2.14. The van der Waals surface area contributed by atoms with Crippen LogP contribution in [0.5, 0.6) is 0 Å². The highest BCUT2D eigenvalue weighted by atomic mass is 16.4. The molecule has 0 heterocycles. The van der Waals surface area contributed by atoms with Gasteiger partial charge in [0.2, 0.25) is 5.91 Å². The van der Waals surface area contributed by atoms with Crippen LogP contribution >= 0.6 is 0 Å². The lowest BCUT2D eigenvalue weighted by atomic mass is 9.89. The van der Waals surface area contributed by atoms with Gasteiger partial charge in [0.05, 0.1) is 6.42 Å². The van der Waals surface area contributed by atoms with Gasteiger partial charge in [-0.2, -0.15) is 0 Å². The average molecular weight is 241 g/mol. The first kappa shape index (κ1) is 14.0. The van der Waals surface area contributed by atoms with E-state index in [0.717, 1.165) is 6.54 Å². The summed E-state index contributed by atoms with van der Waals surface area (Å²) in [7, 11) is 1.79. The fraction of sp³-hybridized carbons (Fsp3) is 0.846. The minimum absolute atomic E-state index is 0.0435. The van der Waals surface area contributed by atoms with Gasteiger partial charge in [-0.3, -0.25) is 9.59 Å². The monoisotopic (exact) mass is 241 g/mol. The van der Waals surface area contributed by atoms with Crippen molar-refractivity contribution < 1.29 is 14.7 Å². The molecule has 1 fully saturated rings. The first-order valence-corrected chi connectivity index (χ1v) is 6.47. The van der Waals surface area contributed by atoms with Gasteiger partial charge in [0.15, 0.2) is 0 Å². The third-order valence-electron chi connectivity index (χ3n) is 3.54. The molecule has 0 aliphatic heterocycles. The van der Waals surface area contributed by atoms with Gasteiger partial charge in [-0.25, -0.2) is 0 Å². The number of aliphatic carboxylic acids is 1. The minimum Gasteiger partial charge on any atom is -0.481 e. The molecule has 0 aromatic carbocycles. The highest BCUT2D eigenvalue weighted by Crippen LogP contribution is 2.24. The van der Waals surface area contributed by atoms with Crippen molar-refractivity contribution in [1.29, 1.82) is 0 Å². The lowest BCUT2D eigenvalue weighted by molar-refractivity contribution is -0.143. The van der Waals surface area contributed by atoms with E-state index in [-0.39, 0.29) is 12.3 Å². The van der Waals surface area contributed by atoms with E-state index in [1.807, 2.05) is 0 Å². The molecule has 1 aliphatic rings. The summed E-state index contributed by atoms with van der Waals surface area (Å²) in [6.07, 6.45) is 6.15. The number of carbonyl (C=O) groups is 2. The molecule has 17 heavy (non-hydrogen) atoms. The van der Waals surface area contributed by atoms with E-state index in [9.17, 15) is 9.59 Å². The Labute approximate surface area is 103 Å². The lowest BCUT2D eigenvalue weighted by Gasteiger charge is -2.28. The Morgan fingerprint density at radius 2 is 1.88 bits per heavy atom. The summed E-state index contributed by atoms with van der Waals surface area (Å²) in [6.45, 7) is 2.47. The van der Waals surface area contributed by atoms with Crippen molar-refractivity contribution >= 4 is 11.9 Å². The molecule has 0 spiro atoms. The number of amides is 1. The van der Waals surface area contributed by atoms with Crippen LogP contribution in [0.3, 0.4) is 0 Å². The second-order valence-corrected chi connectivity index (χ2v) is 5.22. The minimum atomic E-state index is -0.906. The van der Waals surface area contributed by atoms with Crippen LogP contribution in [0.4, 0.5) is 0 Å². The maximum atomic E-state index is 11.9. The molecule has 4 heteroatoms. The topological polar surface area (TPSA) is 57.6 Å². The van der Waals surface area contributed by atoms with E-state index < -0.39 is 11.9 Å². The standard InChI is InChI=1S/C13H23NO3/c1-10(8-12(15)16)13(17)14(2)9-11-6-4-3-5-7-11/h10-11H,3-9H2,1-2H3,(H,15,16). The van der Waals surface area contributed by atoms with Gasteiger partial charge in [0.1, 0.15) is 0 Å². The molecule has 1 rings (SSSR count). The van der Waals surface area contributed by atoms with Crippen molar-refractivity contribution in [2.75, 3.05) is 13.6 Å². The van der Waals surface area contributed by atoms with E-state index in [1.165, 1.54) is 32.1 Å². The highest BCUT2D eigenvalue weighted by Gasteiger charge is 2.23. The number of carboxylic acids is 1. The Kier molecular flexibility index (Phi) is 5.45. The van der Waals surface area contributed by atoms with Gasteiger partial charge in [-0.15, -0.1) is 0 Å². The van der Waals surface area contributed by atoms with Gasteiger partial charge in [0.25, 0.3) is 0 Å². The van der Waals surface area contributed by atoms with E-state index in [2.05, 4.69) is 0 Å². The zero-order valence-corrected chi connectivity index (χ0v) is 10.8. The summed E-state index contributed by atoms with van der Waals surface area (Å²) in [4.78, 5) is 24.2. The Balaban J connectivity index is 2.37. The molecule has 1 aliphatic carbocycles. The zero-order chi connectivity index (χ0) is 12.8. The molecule has 1 saturated carbocycles. The molecule has 0 radical (unpaired) electrons. The van der Waals surface area contributed by atoms with E-state index in [4.69, 9.17) is 5.11 Å². The first-order valence-electron chi connectivity index (χ1n) is 6.47. The lowest BCUT2D eigenvalue weighted by Crippen LogP contribution is -2.36. The van der Waals surface area contributed by atoms with Crippen LogP contribution in [0.1, 0.15) is 45.4 Å². The van der Waals surface area contributed by atoms with E-state index in [1.54, 1.807) is 18.9 Å². The molecule has 1 amide bonds. The predicted molar refractivity (Wildman–Crippen MR) is 65.6 cm³/mol. The largest absolute Gasteiger partial charge is 0.481 e. The molecule has 1 atom stereocenters. The van der Waals surface area contributed by atoms with E-state index >= 15 is 0 Å². The number of hydrogen-bond acceptors (Lipinski definition) is 2. The summed E-state index contributed by atoms with van der Waals surface area (Å²) >= 11 is 0. The molecular weight excluding hydrogens is 218 g/mol. The summed E-state index contributed by atoms with van der Waals surface area (Å²) in [5, 5.41) is 8.67. The normalized spacial score (nSPS) is 18.7. The van der Waals surface area contributed by atoms with Crippen molar-refractivity contribution in [2.45, 2.75) is 45.4 Å². The molecule has 0 aromatic heterocycles. The van der Waals surface area contributed by atoms with Gasteiger partial charge >= 0.3 is 5.97 Å². The molecule has 98 valence electrons. The summed E-state index contributed by atoms with van der Waals surface area (Å²) < 4.78 is 0. The van der Waals surface area contributed by atoms with Crippen molar-refractivity contribution in [3.05, 3.63) is 0 Å². The third kappa shape index (κ3) is 4.75. The molecule has 1 unspecified atom stereocenters. The van der Waals surface area contributed by atoms with Crippen molar-refractivity contribution in [3.8, 4) is 0 Å². The number of carbonyl (C=O) groups excluding carboxylic acids is 1. The molecule has 4 nitrogen and oxygen atoms in total. The van der Waals surface area contributed by atoms with Crippen molar-refractivity contribution in [3.63, 3.8) is 0 Å². The Bertz CT molecular complexity index is 272. The van der Waals surface area contributed by atoms with Crippen LogP contribution < -0.4 is 0 Å². The molecule has 0 bridgehead atoms. The maximum Gasteiger partial charge on any atom is 0.304 e. The number of nitrogens with zero attached hydrogens (tertiary/aromatic N) is 1. The Hall–Kier alpha value is -1.06. The van der Waals surface area contributed by atoms with Crippen LogP contribution in [0, 0.1) is 11.8 Å². The smallest absolute Gasteiger partial charge is 0.304 e. The maximum absolute atomic E-state index is 11.9. The SMILES string of the molecule is CC(CC(=O)O)C(=O)N(C)CC1CCCCC1. The van der Waals surface area contributed by atoms with Gasteiger partial charge in [-0.05, 0) is 18.8 Å². The fourth-order valence-electron chi connectivity index (χ4n) is 2.57. The zero-order valence-electron chi connectivity index (χ0n) is 10.8. The van der Waals surface area contributed by atoms with Gasteiger partial charge in [-0.1, -0.05) is 26.2 Å². The highest BCUT2D eigenvalue weighted by molar-refractivity contribution is 5.82. The molecule has 1 N–H and O–H groups in total. The Morgan fingerprint density at radius 3 is 2.41 bits per heavy atom. The summed E-state index contributed by atoms with van der Waals surface area (Å²) in [6, 6.07) is 0. The number of carboxylic acid groups (broad SMARTS) is 1. The van der Waals surface area contributed by atoms with Crippen molar-refractivity contribution in [1.82, 2.24) is 4.90 Å². The second-order valence-electron chi connectivity index (χ2n) is 5.22. The van der Waals surface area contributed by atoms with Crippen LogP contribution in [-0.4, -0.2) is 35.5 Å². The van der Waals surface area contributed by atoms with E-state index in [0.29, 0.717) is 5.92 Å². The average Bonchev–Trinajstić information content (AvgIpc) is 2.28. The Morgan fingerprint density at radius 1 is 1.29 bits per heavy atom. The summed E-state index contributed by atoms with van der Waals surface area (Å²) in [5.41, 5.74) is 0. The van der Waals surface area contributed by atoms with Gasteiger partial charge in [0, 0.05) is 19.5 Å². The molecule has 0 saturated heterocycles. The van der Waals surface area contributed by atoms with Crippen molar-refractivity contribution in [2.24, 2.45) is 11.8 Å². The van der Waals surface area contributed by atoms with Crippen LogP contribution in [0.15, 0.2) is 0 Å². The fourth-order valence-corrected chi connectivity index (χ4v) is 2.57. The number of rotatable bonds is 5. The van der Waals surface area contributed by atoms with Crippen LogP contribution in [0.25, 0.3) is 0 Å². The summed E-state index contributed by atoms with van der Waals surface area (Å²) in [5.74, 6) is -0.759. The second kappa shape index (κ2) is 6.62. The quantitative estimate of drug-likeness (QED) is 0.802. The third-order valence-corrected chi connectivity index (χ3v) is 3.54. The first-order chi connectivity index (χ1) is 8.00.